The molecule has 0 saturated carbocycles. The van der Waals surface area contributed by atoms with E-state index in [1.165, 1.54) is 12.1 Å². The SMILES string of the molecule is OC(Cc1ccccc1OC(F)(F)F)(C1CCOCC1)C1CNCCO1. The Morgan fingerprint density at radius 3 is 2.54 bits per heavy atom. The van der Waals surface area contributed by atoms with Gasteiger partial charge in [0.25, 0.3) is 0 Å². The minimum absolute atomic E-state index is 0.0241. The average Bonchev–Trinajstić information content (AvgIpc) is 2.63. The molecule has 2 aliphatic heterocycles. The zero-order valence-corrected chi connectivity index (χ0v) is 14.4. The van der Waals surface area contributed by atoms with Crippen molar-refractivity contribution in [3.63, 3.8) is 0 Å². The first-order valence-corrected chi connectivity index (χ1v) is 8.84. The second kappa shape index (κ2) is 8.12. The molecule has 3 rings (SSSR count). The lowest BCUT2D eigenvalue weighted by Crippen LogP contribution is -2.59. The normalized spacial score (nSPS) is 24.8. The smallest absolute Gasteiger partial charge is 0.406 e. The Morgan fingerprint density at radius 1 is 1.15 bits per heavy atom. The van der Waals surface area contributed by atoms with Gasteiger partial charge in [-0.25, -0.2) is 0 Å². The fourth-order valence-electron chi connectivity index (χ4n) is 3.78. The summed E-state index contributed by atoms with van der Waals surface area (Å²) in [7, 11) is 0. The molecule has 0 radical (unpaired) electrons. The third-order valence-electron chi connectivity index (χ3n) is 5.09. The topological polar surface area (TPSA) is 60.0 Å². The van der Waals surface area contributed by atoms with Crippen molar-refractivity contribution in [3.8, 4) is 5.75 Å². The number of aliphatic hydroxyl groups is 1. The molecule has 2 aliphatic rings. The Bertz CT molecular complexity index is 566. The highest BCUT2D eigenvalue weighted by atomic mass is 19.4. The van der Waals surface area contributed by atoms with Gasteiger partial charge in [0.2, 0.25) is 0 Å². The highest BCUT2D eigenvalue weighted by Gasteiger charge is 2.46. The molecule has 2 atom stereocenters. The largest absolute Gasteiger partial charge is 0.573 e. The van der Waals surface area contributed by atoms with Gasteiger partial charge in [-0.2, -0.15) is 0 Å². The van der Waals surface area contributed by atoms with Crippen LogP contribution in [0.1, 0.15) is 18.4 Å². The first-order chi connectivity index (χ1) is 12.4. The number of hydrogen-bond donors (Lipinski definition) is 2. The van der Waals surface area contributed by atoms with Gasteiger partial charge in [0.15, 0.2) is 0 Å². The van der Waals surface area contributed by atoms with Crippen molar-refractivity contribution in [2.24, 2.45) is 5.92 Å². The van der Waals surface area contributed by atoms with Gasteiger partial charge in [0, 0.05) is 32.7 Å². The van der Waals surface area contributed by atoms with Gasteiger partial charge in [-0.15, -0.1) is 13.2 Å². The van der Waals surface area contributed by atoms with E-state index in [-0.39, 0.29) is 18.1 Å². The van der Waals surface area contributed by atoms with Crippen LogP contribution in [0.15, 0.2) is 24.3 Å². The fraction of sp³-hybridized carbons (Fsp3) is 0.667. The summed E-state index contributed by atoms with van der Waals surface area (Å²) in [6, 6.07) is 5.95. The van der Waals surface area contributed by atoms with Crippen LogP contribution in [-0.4, -0.2) is 56.1 Å². The Balaban J connectivity index is 1.88. The van der Waals surface area contributed by atoms with Crippen LogP contribution in [0.25, 0.3) is 0 Å². The van der Waals surface area contributed by atoms with E-state index >= 15 is 0 Å². The molecule has 2 saturated heterocycles. The number of nitrogens with one attached hydrogen (secondary N) is 1. The number of hydrogen-bond acceptors (Lipinski definition) is 5. The first kappa shape index (κ1) is 19.4. The highest BCUT2D eigenvalue weighted by molar-refractivity contribution is 5.35. The van der Waals surface area contributed by atoms with Crippen molar-refractivity contribution in [1.82, 2.24) is 5.32 Å². The van der Waals surface area contributed by atoms with Crippen LogP contribution in [0.3, 0.4) is 0 Å². The molecule has 5 nitrogen and oxygen atoms in total. The maximum Gasteiger partial charge on any atom is 0.573 e. The number of halogens is 3. The first-order valence-electron chi connectivity index (χ1n) is 8.84. The average molecular weight is 375 g/mol. The molecule has 2 fully saturated rings. The quantitative estimate of drug-likeness (QED) is 0.827. The van der Waals surface area contributed by atoms with E-state index in [9.17, 15) is 18.3 Å². The van der Waals surface area contributed by atoms with Crippen LogP contribution in [-0.2, 0) is 15.9 Å². The van der Waals surface area contributed by atoms with Crippen LogP contribution in [0.5, 0.6) is 5.75 Å². The van der Waals surface area contributed by atoms with Gasteiger partial charge in [0.1, 0.15) is 5.75 Å². The van der Waals surface area contributed by atoms with Crippen molar-refractivity contribution in [3.05, 3.63) is 29.8 Å². The summed E-state index contributed by atoms with van der Waals surface area (Å²) in [5.41, 5.74) is -0.990. The number of alkyl halides is 3. The van der Waals surface area contributed by atoms with Crippen molar-refractivity contribution in [1.29, 1.82) is 0 Å². The molecule has 0 spiro atoms. The summed E-state index contributed by atoms with van der Waals surface area (Å²) < 4.78 is 53.5. The molecule has 0 aliphatic carbocycles. The molecular formula is C18H24F3NO4. The fourth-order valence-corrected chi connectivity index (χ4v) is 3.78. The van der Waals surface area contributed by atoms with Crippen LogP contribution in [0, 0.1) is 5.92 Å². The lowest BCUT2D eigenvalue weighted by Gasteiger charge is -2.45. The number of para-hydroxylation sites is 1. The second-order valence-corrected chi connectivity index (χ2v) is 6.77. The van der Waals surface area contributed by atoms with Crippen LogP contribution in [0.2, 0.25) is 0 Å². The maximum atomic E-state index is 12.7. The Hall–Kier alpha value is -1.35. The third-order valence-corrected chi connectivity index (χ3v) is 5.09. The number of morpholine rings is 1. The van der Waals surface area contributed by atoms with E-state index < -0.39 is 18.1 Å². The zero-order valence-electron chi connectivity index (χ0n) is 14.4. The Morgan fingerprint density at radius 2 is 1.88 bits per heavy atom. The number of rotatable bonds is 5. The number of ether oxygens (including phenoxy) is 3. The molecule has 1 aromatic carbocycles. The standard InChI is InChI=1S/C18H24F3NO4/c19-18(20,21)26-15-4-2-1-3-13(15)11-17(23,14-5-8-24-9-6-14)16-12-22-7-10-25-16/h1-4,14,16,22-23H,5-12H2. The highest BCUT2D eigenvalue weighted by Crippen LogP contribution is 2.38. The van der Waals surface area contributed by atoms with Gasteiger partial charge >= 0.3 is 6.36 Å². The van der Waals surface area contributed by atoms with E-state index in [4.69, 9.17) is 9.47 Å². The minimum Gasteiger partial charge on any atom is -0.406 e. The summed E-state index contributed by atoms with van der Waals surface area (Å²) in [6.45, 7) is 2.64. The molecule has 2 N–H and O–H groups in total. The molecular weight excluding hydrogens is 351 g/mol. The minimum atomic E-state index is -4.78. The van der Waals surface area contributed by atoms with Crippen molar-refractivity contribution < 1.29 is 32.5 Å². The summed E-state index contributed by atoms with van der Waals surface area (Å²) in [4.78, 5) is 0. The predicted octanol–water partition coefficient (Wildman–Crippen LogP) is 2.27. The Kier molecular flexibility index (Phi) is 6.06. The molecule has 8 heteroatoms. The lowest BCUT2D eigenvalue weighted by atomic mass is 9.74. The van der Waals surface area contributed by atoms with Crippen LogP contribution < -0.4 is 10.1 Å². The number of benzene rings is 1. The maximum absolute atomic E-state index is 12.7. The Labute approximate surface area is 150 Å². The third kappa shape index (κ3) is 4.68. The summed E-state index contributed by atoms with van der Waals surface area (Å²) in [6.07, 6.45) is -3.98. The van der Waals surface area contributed by atoms with E-state index in [1.54, 1.807) is 12.1 Å². The lowest BCUT2D eigenvalue weighted by molar-refractivity contribution is -0.275. The predicted molar refractivity (Wildman–Crippen MR) is 87.9 cm³/mol. The van der Waals surface area contributed by atoms with Crippen LogP contribution >= 0.6 is 0 Å². The van der Waals surface area contributed by atoms with Crippen LogP contribution in [0.4, 0.5) is 13.2 Å². The summed E-state index contributed by atoms with van der Waals surface area (Å²) in [5, 5.41) is 14.8. The van der Waals surface area contributed by atoms with Crippen molar-refractivity contribution >= 4 is 0 Å². The molecule has 0 amide bonds. The zero-order chi connectivity index (χ0) is 18.6. The molecule has 0 bridgehead atoms. The van der Waals surface area contributed by atoms with E-state index in [0.29, 0.717) is 51.3 Å². The van der Waals surface area contributed by atoms with Crippen molar-refractivity contribution in [2.45, 2.75) is 37.3 Å². The van der Waals surface area contributed by atoms with E-state index in [1.807, 2.05) is 0 Å². The molecule has 146 valence electrons. The van der Waals surface area contributed by atoms with Crippen molar-refractivity contribution in [2.75, 3.05) is 32.9 Å². The summed E-state index contributed by atoms with van der Waals surface area (Å²) in [5.74, 6) is -0.408. The van der Waals surface area contributed by atoms with Gasteiger partial charge in [0.05, 0.1) is 18.3 Å². The van der Waals surface area contributed by atoms with Gasteiger partial charge in [-0.3, -0.25) is 0 Å². The second-order valence-electron chi connectivity index (χ2n) is 6.77. The van der Waals surface area contributed by atoms with Gasteiger partial charge in [-0.1, -0.05) is 18.2 Å². The summed E-state index contributed by atoms with van der Waals surface area (Å²) >= 11 is 0. The monoisotopic (exact) mass is 375 g/mol. The molecule has 0 aromatic heterocycles. The van der Waals surface area contributed by atoms with E-state index in [2.05, 4.69) is 10.1 Å². The van der Waals surface area contributed by atoms with Gasteiger partial charge < -0.3 is 24.6 Å². The molecule has 1 aromatic rings. The van der Waals surface area contributed by atoms with Gasteiger partial charge in [-0.05, 0) is 30.4 Å². The molecule has 2 heterocycles. The molecule has 2 unspecified atom stereocenters. The van der Waals surface area contributed by atoms with E-state index in [0.717, 1.165) is 0 Å². The molecule has 26 heavy (non-hydrogen) atoms.